The van der Waals surface area contributed by atoms with Crippen LogP contribution in [0.2, 0.25) is 0 Å². The van der Waals surface area contributed by atoms with Gasteiger partial charge in [0.15, 0.2) is 0 Å². The maximum atomic E-state index is 14.4. The van der Waals surface area contributed by atoms with Crippen molar-refractivity contribution in [3.63, 3.8) is 0 Å². The summed E-state index contributed by atoms with van der Waals surface area (Å²) in [7, 11) is -4.20. The lowest BCUT2D eigenvalue weighted by atomic mass is 9.87. The van der Waals surface area contributed by atoms with Crippen LogP contribution >= 0.6 is 0 Å². The molecule has 46 heavy (non-hydrogen) atoms. The number of hydrogen-bond donors (Lipinski definition) is 1. The summed E-state index contributed by atoms with van der Waals surface area (Å²) in [6.07, 6.45) is 1.39. The van der Waals surface area contributed by atoms with Crippen molar-refractivity contribution in [2.75, 3.05) is 24.4 Å². The summed E-state index contributed by atoms with van der Waals surface area (Å²) < 4.78 is 36.1. The van der Waals surface area contributed by atoms with Crippen LogP contribution in [-0.2, 0) is 14.8 Å². The fourth-order valence-electron chi connectivity index (χ4n) is 6.80. The summed E-state index contributed by atoms with van der Waals surface area (Å²) in [6, 6.07) is 12.9. The number of carbonyl (C=O) groups excluding carboxylic acids is 2. The Morgan fingerprint density at radius 2 is 1.74 bits per heavy atom. The third-order valence-corrected chi connectivity index (χ3v) is 10.0. The number of hydrogen-bond acceptors (Lipinski definition) is 7. The molecule has 1 N–H and O–H groups in total. The Bertz CT molecular complexity index is 1740. The van der Waals surface area contributed by atoms with Crippen LogP contribution < -0.4 is 9.46 Å². The second-order valence-corrected chi connectivity index (χ2v) is 16.3. The molecule has 0 radical (unpaired) electrons. The van der Waals surface area contributed by atoms with Gasteiger partial charge in [-0.05, 0) is 81.2 Å². The third kappa shape index (κ3) is 7.19. The molecule has 3 heterocycles. The average molecular weight is 648 g/mol. The van der Waals surface area contributed by atoms with Crippen molar-refractivity contribution < 1.29 is 22.7 Å². The molecule has 0 saturated carbocycles. The highest BCUT2D eigenvalue weighted by Gasteiger charge is 2.41. The molecular formula is C35H45N5O5S. The maximum absolute atomic E-state index is 14.4. The van der Waals surface area contributed by atoms with E-state index in [0.29, 0.717) is 24.6 Å². The van der Waals surface area contributed by atoms with Gasteiger partial charge in [-0.15, -0.1) is 0 Å². The van der Waals surface area contributed by atoms with Gasteiger partial charge in [-0.2, -0.15) is 4.98 Å². The molecule has 4 bridgehead atoms. The van der Waals surface area contributed by atoms with Crippen LogP contribution in [-0.4, -0.2) is 71.3 Å². The Morgan fingerprint density at radius 3 is 2.37 bits per heavy atom. The number of nitrogens with one attached hydrogen (secondary N) is 1. The van der Waals surface area contributed by atoms with Gasteiger partial charge in [0.25, 0.3) is 15.9 Å². The molecule has 1 fully saturated rings. The molecule has 2 aliphatic heterocycles. The molecule has 246 valence electrons. The van der Waals surface area contributed by atoms with Crippen LogP contribution in [0.1, 0.15) is 75.9 Å². The molecule has 0 aliphatic carbocycles. The average Bonchev–Trinajstić information content (AvgIpc) is 3.24. The molecule has 0 unspecified atom stereocenters. The van der Waals surface area contributed by atoms with Gasteiger partial charge in [0, 0.05) is 29.3 Å². The van der Waals surface area contributed by atoms with Gasteiger partial charge in [0.2, 0.25) is 17.7 Å². The number of carbonyl (C=O) groups is 2. The van der Waals surface area contributed by atoms with Gasteiger partial charge in [0.1, 0.15) is 13.2 Å². The molecule has 10 nitrogen and oxygen atoms in total. The summed E-state index contributed by atoms with van der Waals surface area (Å²) >= 11 is 0. The normalized spacial score (nSPS) is 21.0. The van der Waals surface area contributed by atoms with E-state index in [2.05, 4.69) is 42.4 Å². The Morgan fingerprint density at radius 1 is 1.07 bits per heavy atom. The molecule has 2 atom stereocenters. The lowest BCUT2D eigenvalue weighted by Crippen LogP contribution is -2.53. The lowest BCUT2D eigenvalue weighted by molar-refractivity contribution is -0.135. The summed E-state index contributed by atoms with van der Waals surface area (Å²) in [4.78, 5) is 40.6. The molecule has 11 heteroatoms. The van der Waals surface area contributed by atoms with Crippen LogP contribution in [0, 0.1) is 25.2 Å². The Kier molecular flexibility index (Phi) is 8.94. The highest BCUT2D eigenvalue weighted by molar-refractivity contribution is 7.92. The predicted molar refractivity (Wildman–Crippen MR) is 178 cm³/mol. The molecule has 0 spiro atoms. The Balaban J connectivity index is 1.64. The number of benzene rings is 2. The van der Waals surface area contributed by atoms with E-state index < -0.39 is 22.0 Å². The van der Waals surface area contributed by atoms with Crippen molar-refractivity contribution in [1.29, 1.82) is 0 Å². The quantitative estimate of drug-likeness (QED) is 0.377. The zero-order chi connectivity index (χ0) is 33.6. The highest BCUT2D eigenvalue weighted by atomic mass is 32.2. The zero-order valence-electron chi connectivity index (χ0n) is 28.0. The molecule has 2 aliphatic rings. The smallest absolute Gasteiger partial charge is 0.264 e. The van der Waals surface area contributed by atoms with Gasteiger partial charge in [-0.3, -0.25) is 9.59 Å². The van der Waals surface area contributed by atoms with E-state index in [0.717, 1.165) is 23.1 Å². The number of aryl methyl sites for hydroxylation is 2. The van der Waals surface area contributed by atoms with E-state index in [9.17, 15) is 18.0 Å². The van der Waals surface area contributed by atoms with Crippen LogP contribution in [0.5, 0.6) is 5.88 Å². The number of sulfonamides is 1. The second kappa shape index (κ2) is 12.3. The molecule has 2 amide bonds. The van der Waals surface area contributed by atoms with Crippen LogP contribution in [0.15, 0.2) is 53.4 Å². The van der Waals surface area contributed by atoms with E-state index in [1.807, 2.05) is 50.8 Å². The number of ether oxygens (including phenoxy) is 1. The number of rotatable bonds is 4. The maximum Gasteiger partial charge on any atom is 0.264 e. The van der Waals surface area contributed by atoms with E-state index in [4.69, 9.17) is 4.74 Å². The minimum Gasteiger partial charge on any atom is -0.475 e. The molecule has 3 aromatic rings. The van der Waals surface area contributed by atoms with Crippen molar-refractivity contribution in [2.45, 2.75) is 84.7 Å². The standard InChI is InChI=1S/C35H45N5O5S/c1-22-17-35(7,8)40(19-22)30(41)20-39-26(18-34(4,5)6)21-45-29-16-28(31-23(2)11-9-12-24(31)3)36-33(37-29)38-46(43,44)27-14-10-13-25(15-27)32(39)42/h9-16,22,26H,17-21H2,1-8H3,(H,36,37,38)/t22-,26-/m1/s1. The van der Waals surface area contributed by atoms with Gasteiger partial charge < -0.3 is 14.5 Å². The Hall–Kier alpha value is -3.99. The summed E-state index contributed by atoms with van der Waals surface area (Å²) in [6.45, 7) is 16.8. The van der Waals surface area contributed by atoms with Crippen molar-refractivity contribution in [2.24, 2.45) is 11.3 Å². The van der Waals surface area contributed by atoms with Crippen molar-refractivity contribution in [3.8, 4) is 17.1 Å². The van der Waals surface area contributed by atoms with E-state index in [1.165, 1.54) is 18.2 Å². The first kappa shape index (κ1) is 33.4. The predicted octanol–water partition coefficient (Wildman–Crippen LogP) is 5.85. The first-order chi connectivity index (χ1) is 21.4. The van der Waals surface area contributed by atoms with Crippen molar-refractivity contribution in [3.05, 3.63) is 65.2 Å². The monoisotopic (exact) mass is 647 g/mol. The van der Waals surface area contributed by atoms with Crippen LogP contribution in [0.3, 0.4) is 0 Å². The number of likely N-dealkylation sites (tertiary alicyclic amines) is 1. The highest BCUT2D eigenvalue weighted by Crippen LogP contribution is 2.34. The minimum absolute atomic E-state index is 0.0329. The topological polar surface area (TPSA) is 122 Å². The van der Waals surface area contributed by atoms with Crippen LogP contribution in [0.4, 0.5) is 5.95 Å². The Labute approximate surface area is 272 Å². The van der Waals surface area contributed by atoms with Crippen LogP contribution in [0.25, 0.3) is 11.3 Å². The van der Waals surface area contributed by atoms with Gasteiger partial charge >= 0.3 is 0 Å². The summed E-state index contributed by atoms with van der Waals surface area (Å²) in [5.41, 5.74) is 2.85. The molecule has 1 saturated heterocycles. The van der Waals surface area contributed by atoms with Crippen molar-refractivity contribution >= 4 is 27.8 Å². The fourth-order valence-corrected chi connectivity index (χ4v) is 7.79. The third-order valence-electron chi connectivity index (χ3n) is 8.71. The first-order valence-electron chi connectivity index (χ1n) is 15.8. The largest absolute Gasteiger partial charge is 0.475 e. The zero-order valence-corrected chi connectivity index (χ0v) is 28.9. The number of nitrogens with zero attached hydrogens (tertiary/aromatic N) is 4. The lowest BCUT2D eigenvalue weighted by Gasteiger charge is -2.38. The number of fused-ring (bicyclic) bond motifs is 4. The first-order valence-corrected chi connectivity index (χ1v) is 17.2. The second-order valence-electron chi connectivity index (χ2n) is 14.6. The fraction of sp³-hybridized carbons (Fsp3) is 0.486. The minimum atomic E-state index is -4.20. The van der Waals surface area contributed by atoms with Gasteiger partial charge in [-0.25, -0.2) is 18.1 Å². The SMILES string of the molecule is Cc1cccc(C)c1-c1cc2nc(n1)NS(=O)(=O)c1cccc(c1)C(=O)N(CC(=O)N1C[C@H](C)CC1(C)C)[C@H](CC(C)(C)C)CO2. The van der Waals surface area contributed by atoms with Crippen molar-refractivity contribution in [1.82, 2.24) is 19.8 Å². The molecular weight excluding hydrogens is 602 g/mol. The summed E-state index contributed by atoms with van der Waals surface area (Å²) in [5, 5.41) is 0. The molecule has 2 aromatic carbocycles. The van der Waals surface area contributed by atoms with E-state index in [1.54, 1.807) is 17.0 Å². The number of anilines is 1. The van der Waals surface area contributed by atoms with Gasteiger partial charge in [0.05, 0.1) is 16.6 Å². The summed E-state index contributed by atoms with van der Waals surface area (Å²) in [5.74, 6) is -0.246. The van der Waals surface area contributed by atoms with Gasteiger partial charge in [-0.1, -0.05) is 52.0 Å². The molecule has 1 aromatic heterocycles. The molecule has 5 rings (SSSR count). The number of aromatic nitrogens is 2. The number of amides is 2. The van der Waals surface area contributed by atoms with E-state index >= 15 is 0 Å². The van der Waals surface area contributed by atoms with E-state index in [-0.39, 0.29) is 52.3 Å².